The second-order valence-electron chi connectivity index (χ2n) is 6.94. The maximum Gasteiger partial charge on any atom is 0.228 e. The minimum atomic E-state index is -0.0853. The van der Waals surface area contributed by atoms with Gasteiger partial charge in [-0.15, -0.1) is 0 Å². The van der Waals surface area contributed by atoms with Gasteiger partial charge in [0.05, 0.1) is 12.6 Å². The van der Waals surface area contributed by atoms with Crippen LogP contribution in [-0.4, -0.2) is 30.6 Å². The lowest BCUT2D eigenvalue weighted by molar-refractivity contribution is -0.122. The van der Waals surface area contributed by atoms with Crippen LogP contribution in [-0.2, 0) is 11.2 Å². The van der Waals surface area contributed by atoms with Crippen molar-refractivity contribution in [3.8, 4) is 0 Å². The molecule has 1 aliphatic heterocycles. The number of nitrogens with one attached hydrogen (secondary N) is 1. The lowest BCUT2D eigenvalue weighted by Crippen LogP contribution is -2.41. The monoisotopic (exact) mass is 302 g/mol. The highest BCUT2D eigenvalue weighted by atomic mass is 16.1. The van der Waals surface area contributed by atoms with Gasteiger partial charge in [0.2, 0.25) is 5.91 Å². The van der Waals surface area contributed by atoms with E-state index in [1.165, 1.54) is 24.8 Å². The molecule has 0 saturated carbocycles. The second kappa shape index (κ2) is 8.33. The van der Waals surface area contributed by atoms with Crippen LogP contribution in [0.2, 0.25) is 0 Å². The average molecular weight is 302 g/mol. The van der Waals surface area contributed by atoms with Crippen molar-refractivity contribution in [2.45, 2.75) is 52.4 Å². The Kier molecular flexibility index (Phi) is 6.44. The summed E-state index contributed by atoms with van der Waals surface area (Å²) >= 11 is 0. The standard InChI is InChI=1S/C19H30N2O/c1-15(2)13-17-7-9-18(10-8-17)16(3)19(22)20-14-21-11-5-4-6-12-21/h7-10,15-16H,4-6,11-14H2,1-3H3,(H,20,22). The van der Waals surface area contributed by atoms with E-state index < -0.39 is 0 Å². The summed E-state index contributed by atoms with van der Waals surface area (Å²) in [6.07, 6.45) is 4.92. The first kappa shape index (κ1) is 17.0. The molecular formula is C19H30N2O. The number of rotatable bonds is 6. The fraction of sp³-hybridized carbons (Fsp3) is 0.632. The largest absolute Gasteiger partial charge is 0.343 e. The Morgan fingerprint density at radius 1 is 1.09 bits per heavy atom. The number of amides is 1. The van der Waals surface area contributed by atoms with Crippen LogP contribution >= 0.6 is 0 Å². The SMILES string of the molecule is CC(C)Cc1ccc(C(C)C(=O)NCN2CCCCC2)cc1. The molecule has 0 aromatic heterocycles. The van der Waals surface area contributed by atoms with Crippen molar-refractivity contribution < 1.29 is 4.79 Å². The van der Waals surface area contributed by atoms with Gasteiger partial charge >= 0.3 is 0 Å². The highest BCUT2D eigenvalue weighted by molar-refractivity contribution is 5.83. The Labute approximate surface area is 135 Å². The summed E-state index contributed by atoms with van der Waals surface area (Å²) < 4.78 is 0. The summed E-state index contributed by atoms with van der Waals surface area (Å²) in [5, 5.41) is 3.08. The van der Waals surface area contributed by atoms with Crippen molar-refractivity contribution in [2.75, 3.05) is 19.8 Å². The molecule has 1 fully saturated rings. The fourth-order valence-electron chi connectivity index (χ4n) is 3.03. The van der Waals surface area contributed by atoms with Gasteiger partial charge in [-0.05, 0) is 56.3 Å². The number of carbonyl (C=O) groups is 1. The number of nitrogens with zero attached hydrogens (tertiary/aromatic N) is 1. The summed E-state index contributed by atoms with van der Waals surface area (Å²) in [6, 6.07) is 8.51. The summed E-state index contributed by atoms with van der Waals surface area (Å²) in [4.78, 5) is 14.6. The molecule has 2 rings (SSSR count). The molecule has 0 aliphatic carbocycles. The van der Waals surface area contributed by atoms with Crippen molar-refractivity contribution in [2.24, 2.45) is 5.92 Å². The lowest BCUT2D eigenvalue weighted by atomic mass is 9.96. The predicted octanol–water partition coefficient (Wildman–Crippen LogP) is 3.55. The minimum absolute atomic E-state index is 0.0853. The van der Waals surface area contributed by atoms with Gasteiger partial charge in [-0.3, -0.25) is 9.69 Å². The summed E-state index contributed by atoms with van der Waals surface area (Å²) in [7, 11) is 0. The van der Waals surface area contributed by atoms with Gasteiger partial charge in [0.25, 0.3) is 0 Å². The van der Waals surface area contributed by atoms with Crippen LogP contribution < -0.4 is 5.32 Å². The Bertz CT molecular complexity index is 461. The molecule has 22 heavy (non-hydrogen) atoms. The van der Waals surface area contributed by atoms with Crippen molar-refractivity contribution in [3.05, 3.63) is 35.4 Å². The Morgan fingerprint density at radius 2 is 1.73 bits per heavy atom. The van der Waals surface area contributed by atoms with Gasteiger partial charge in [0.15, 0.2) is 0 Å². The van der Waals surface area contributed by atoms with Crippen molar-refractivity contribution >= 4 is 5.91 Å². The number of hydrogen-bond acceptors (Lipinski definition) is 2. The van der Waals surface area contributed by atoms with Gasteiger partial charge in [0.1, 0.15) is 0 Å². The Hall–Kier alpha value is -1.35. The molecule has 1 aromatic carbocycles. The molecule has 1 unspecified atom stereocenters. The quantitative estimate of drug-likeness (QED) is 0.871. The number of benzene rings is 1. The third-order valence-corrected chi connectivity index (χ3v) is 4.44. The van der Waals surface area contributed by atoms with Crippen molar-refractivity contribution in [3.63, 3.8) is 0 Å². The number of likely N-dealkylation sites (tertiary alicyclic amines) is 1. The average Bonchev–Trinajstić information content (AvgIpc) is 2.53. The first-order valence-corrected chi connectivity index (χ1v) is 8.65. The van der Waals surface area contributed by atoms with E-state index in [0.29, 0.717) is 12.6 Å². The van der Waals surface area contributed by atoms with Crippen LogP contribution in [0.25, 0.3) is 0 Å². The highest BCUT2D eigenvalue weighted by Crippen LogP contribution is 2.18. The zero-order valence-electron chi connectivity index (χ0n) is 14.3. The maximum atomic E-state index is 12.3. The Balaban J connectivity index is 1.84. The summed E-state index contributed by atoms with van der Waals surface area (Å²) in [5.41, 5.74) is 2.45. The van der Waals surface area contributed by atoms with Crippen molar-refractivity contribution in [1.29, 1.82) is 0 Å². The number of carbonyl (C=O) groups excluding carboxylic acids is 1. The van der Waals surface area contributed by atoms with E-state index >= 15 is 0 Å². The Morgan fingerprint density at radius 3 is 2.32 bits per heavy atom. The molecule has 1 saturated heterocycles. The smallest absolute Gasteiger partial charge is 0.228 e. The summed E-state index contributed by atoms with van der Waals surface area (Å²) in [6.45, 7) is 9.35. The molecule has 3 nitrogen and oxygen atoms in total. The van der Waals surface area contributed by atoms with Crippen LogP contribution in [0.5, 0.6) is 0 Å². The first-order valence-electron chi connectivity index (χ1n) is 8.65. The van der Waals surface area contributed by atoms with Gasteiger partial charge < -0.3 is 5.32 Å². The van der Waals surface area contributed by atoms with Crippen molar-refractivity contribution in [1.82, 2.24) is 10.2 Å². The van der Waals surface area contributed by atoms with E-state index in [1.807, 2.05) is 6.92 Å². The minimum Gasteiger partial charge on any atom is -0.343 e. The van der Waals surface area contributed by atoms with Crippen LogP contribution in [0.3, 0.4) is 0 Å². The van der Waals surface area contributed by atoms with Gasteiger partial charge in [-0.2, -0.15) is 0 Å². The van der Waals surface area contributed by atoms with Crippen LogP contribution in [0.4, 0.5) is 0 Å². The normalized spacial score (nSPS) is 17.5. The molecule has 122 valence electrons. The molecule has 0 radical (unpaired) electrons. The topological polar surface area (TPSA) is 32.3 Å². The molecule has 1 aliphatic rings. The summed E-state index contributed by atoms with van der Waals surface area (Å²) in [5.74, 6) is 0.705. The highest BCUT2D eigenvalue weighted by Gasteiger charge is 2.17. The fourth-order valence-corrected chi connectivity index (χ4v) is 3.03. The molecule has 0 spiro atoms. The molecular weight excluding hydrogens is 272 g/mol. The van der Waals surface area contributed by atoms with E-state index in [2.05, 4.69) is 48.3 Å². The number of piperidine rings is 1. The molecule has 1 aromatic rings. The third kappa shape index (κ3) is 5.13. The zero-order chi connectivity index (χ0) is 15.9. The molecule has 1 atom stereocenters. The second-order valence-corrected chi connectivity index (χ2v) is 6.94. The van der Waals surface area contributed by atoms with E-state index in [-0.39, 0.29) is 11.8 Å². The molecule has 3 heteroatoms. The first-order chi connectivity index (χ1) is 10.6. The van der Waals surface area contributed by atoms with Crippen LogP contribution in [0.1, 0.15) is 57.1 Å². The van der Waals surface area contributed by atoms with E-state index in [0.717, 1.165) is 25.1 Å². The zero-order valence-corrected chi connectivity index (χ0v) is 14.3. The van der Waals surface area contributed by atoms with E-state index in [9.17, 15) is 4.79 Å². The number of hydrogen-bond donors (Lipinski definition) is 1. The molecule has 0 bridgehead atoms. The van der Waals surface area contributed by atoms with Gasteiger partial charge in [-0.25, -0.2) is 0 Å². The van der Waals surface area contributed by atoms with Crippen LogP contribution in [0, 0.1) is 5.92 Å². The molecule has 1 amide bonds. The van der Waals surface area contributed by atoms with E-state index in [4.69, 9.17) is 0 Å². The molecule has 1 N–H and O–H groups in total. The van der Waals surface area contributed by atoms with Gasteiger partial charge in [-0.1, -0.05) is 44.5 Å². The predicted molar refractivity (Wildman–Crippen MR) is 91.8 cm³/mol. The third-order valence-electron chi connectivity index (χ3n) is 4.44. The van der Waals surface area contributed by atoms with Crippen LogP contribution in [0.15, 0.2) is 24.3 Å². The lowest BCUT2D eigenvalue weighted by Gasteiger charge is -2.27. The maximum absolute atomic E-state index is 12.3. The van der Waals surface area contributed by atoms with Gasteiger partial charge in [0, 0.05) is 0 Å². The molecule has 1 heterocycles. The van der Waals surface area contributed by atoms with E-state index in [1.54, 1.807) is 0 Å².